The first kappa shape index (κ1) is 16.3. The quantitative estimate of drug-likeness (QED) is 0.771. The number of ether oxygens (including phenoxy) is 1. The maximum atomic E-state index is 13.3. The molecule has 2 aromatic rings. The Balaban J connectivity index is 2.17. The minimum atomic E-state index is -0.374. The Bertz CT molecular complexity index is 615. The van der Waals surface area contributed by atoms with Gasteiger partial charge in [-0.1, -0.05) is 40.5 Å². The summed E-state index contributed by atoms with van der Waals surface area (Å²) in [4.78, 5) is 0. The predicted octanol–water partition coefficient (Wildman–Crippen LogP) is 5.31. The van der Waals surface area contributed by atoms with Gasteiger partial charge in [0, 0.05) is 16.6 Å². The molecule has 2 nitrogen and oxygen atoms in total. The molecule has 0 bridgehead atoms. The molecule has 5 heteroatoms. The van der Waals surface area contributed by atoms with Gasteiger partial charge >= 0.3 is 0 Å². The van der Waals surface area contributed by atoms with E-state index >= 15 is 0 Å². The Morgan fingerprint density at radius 3 is 2.67 bits per heavy atom. The molecule has 2 rings (SSSR count). The van der Waals surface area contributed by atoms with Crippen molar-refractivity contribution in [2.75, 3.05) is 0 Å². The molecule has 0 aromatic heterocycles. The highest BCUT2D eigenvalue weighted by molar-refractivity contribution is 9.10. The summed E-state index contributed by atoms with van der Waals surface area (Å²) >= 11 is 9.44. The van der Waals surface area contributed by atoms with Gasteiger partial charge in [0.05, 0.1) is 5.02 Å². The van der Waals surface area contributed by atoms with Crippen LogP contribution in [-0.4, -0.2) is 6.04 Å². The van der Waals surface area contributed by atoms with E-state index < -0.39 is 0 Å². The van der Waals surface area contributed by atoms with E-state index in [2.05, 4.69) is 15.9 Å². The molecule has 1 atom stereocenters. The van der Waals surface area contributed by atoms with Crippen LogP contribution < -0.4 is 10.5 Å². The highest BCUT2D eigenvalue weighted by Crippen LogP contribution is 2.32. The van der Waals surface area contributed by atoms with Crippen molar-refractivity contribution in [3.8, 4) is 11.5 Å². The third-order valence-electron chi connectivity index (χ3n) is 3.08. The Morgan fingerprint density at radius 1 is 1.29 bits per heavy atom. The molecule has 0 saturated heterocycles. The lowest BCUT2D eigenvalue weighted by atomic mass is 10.0. The Kier molecular flexibility index (Phi) is 5.62. The van der Waals surface area contributed by atoms with Crippen LogP contribution in [0, 0.1) is 5.82 Å². The molecule has 2 N–H and O–H groups in total. The normalized spacial score (nSPS) is 12.2. The maximum absolute atomic E-state index is 13.3. The molecule has 0 heterocycles. The van der Waals surface area contributed by atoms with Gasteiger partial charge in [-0.3, -0.25) is 0 Å². The SMILES string of the molecule is CCC(N)Cc1ccc(Oc2cc(F)cc(Br)c2)c(Cl)c1. The second-order valence-corrected chi connectivity index (χ2v) is 6.17. The van der Waals surface area contributed by atoms with Crippen molar-refractivity contribution in [1.82, 2.24) is 0 Å². The lowest BCUT2D eigenvalue weighted by Gasteiger charge is -2.12. The van der Waals surface area contributed by atoms with Gasteiger partial charge < -0.3 is 10.5 Å². The van der Waals surface area contributed by atoms with Crippen LogP contribution in [0.4, 0.5) is 4.39 Å². The predicted molar refractivity (Wildman–Crippen MR) is 87.6 cm³/mol. The van der Waals surface area contributed by atoms with Gasteiger partial charge in [-0.05, 0) is 42.7 Å². The van der Waals surface area contributed by atoms with Crippen molar-refractivity contribution in [3.63, 3.8) is 0 Å². The van der Waals surface area contributed by atoms with Crippen molar-refractivity contribution in [3.05, 3.63) is 57.3 Å². The van der Waals surface area contributed by atoms with Crippen molar-refractivity contribution in [2.45, 2.75) is 25.8 Å². The van der Waals surface area contributed by atoms with Crippen LogP contribution in [0.1, 0.15) is 18.9 Å². The van der Waals surface area contributed by atoms with Gasteiger partial charge in [0.25, 0.3) is 0 Å². The first-order valence-corrected chi connectivity index (χ1v) is 7.83. The van der Waals surface area contributed by atoms with E-state index in [1.165, 1.54) is 12.1 Å². The van der Waals surface area contributed by atoms with Crippen LogP contribution in [0.15, 0.2) is 40.9 Å². The molecule has 21 heavy (non-hydrogen) atoms. The molecular formula is C16H16BrClFNO. The van der Waals surface area contributed by atoms with Crippen LogP contribution >= 0.6 is 27.5 Å². The van der Waals surface area contributed by atoms with Crippen molar-refractivity contribution >= 4 is 27.5 Å². The number of halogens is 3. The van der Waals surface area contributed by atoms with Gasteiger partial charge in [-0.25, -0.2) is 4.39 Å². The third-order valence-corrected chi connectivity index (χ3v) is 3.84. The molecule has 1 unspecified atom stereocenters. The van der Waals surface area contributed by atoms with Gasteiger partial charge in [0.15, 0.2) is 0 Å². The Hall–Kier alpha value is -1.10. The summed E-state index contributed by atoms with van der Waals surface area (Å²) in [5.74, 6) is 0.505. The number of rotatable bonds is 5. The largest absolute Gasteiger partial charge is 0.456 e. The first-order valence-electron chi connectivity index (χ1n) is 6.66. The summed E-state index contributed by atoms with van der Waals surface area (Å²) in [6.07, 6.45) is 1.68. The van der Waals surface area contributed by atoms with Gasteiger partial charge in [0.2, 0.25) is 0 Å². The topological polar surface area (TPSA) is 35.2 Å². The van der Waals surface area contributed by atoms with Crippen molar-refractivity contribution < 1.29 is 9.13 Å². The highest BCUT2D eigenvalue weighted by Gasteiger charge is 2.08. The lowest BCUT2D eigenvalue weighted by Crippen LogP contribution is -2.21. The number of nitrogens with two attached hydrogens (primary N) is 1. The number of hydrogen-bond donors (Lipinski definition) is 1. The van der Waals surface area contributed by atoms with Crippen LogP contribution in [0.5, 0.6) is 11.5 Å². The smallest absolute Gasteiger partial charge is 0.146 e. The van der Waals surface area contributed by atoms with Crippen LogP contribution in [-0.2, 0) is 6.42 Å². The van der Waals surface area contributed by atoms with Gasteiger partial charge in [-0.2, -0.15) is 0 Å². The van der Waals surface area contributed by atoms with Crippen LogP contribution in [0.2, 0.25) is 5.02 Å². The molecular weight excluding hydrogens is 357 g/mol. The van der Waals surface area contributed by atoms with E-state index in [9.17, 15) is 4.39 Å². The van der Waals surface area contributed by atoms with Crippen molar-refractivity contribution in [1.29, 1.82) is 0 Å². The number of hydrogen-bond acceptors (Lipinski definition) is 2. The molecule has 0 aliphatic rings. The summed E-state index contributed by atoms with van der Waals surface area (Å²) in [6.45, 7) is 2.05. The van der Waals surface area contributed by atoms with E-state index in [1.807, 2.05) is 19.1 Å². The maximum Gasteiger partial charge on any atom is 0.146 e. The standard InChI is InChI=1S/C16H16BrClFNO/c1-2-13(20)5-10-3-4-16(15(18)6-10)21-14-8-11(17)7-12(19)9-14/h3-4,6-9,13H,2,5,20H2,1H3. The fourth-order valence-electron chi connectivity index (χ4n) is 1.92. The zero-order valence-electron chi connectivity index (χ0n) is 11.6. The van der Waals surface area contributed by atoms with E-state index in [-0.39, 0.29) is 11.9 Å². The fourth-order valence-corrected chi connectivity index (χ4v) is 2.60. The summed E-state index contributed by atoms with van der Waals surface area (Å²) in [6, 6.07) is 10.0. The molecule has 0 fully saturated rings. The van der Waals surface area contributed by atoms with E-state index in [4.69, 9.17) is 22.1 Å². The van der Waals surface area contributed by atoms with Gasteiger partial charge in [0.1, 0.15) is 17.3 Å². The highest BCUT2D eigenvalue weighted by atomic mass is 79.9. The second kappa shape index (κ2) is 7.25. The lowest BCUT2D eigenvalue weighted by molar-refractivity contribution is 0.476. The summed E-state index contributed by atoms with van der Waals surface area (Å²) in [7, 11) is 0. The van der Waals surface area contributed by atoms with E-state index in [0.29, 0.717) is 21.0 Å². The zero-order valence-corrected chi connectivity index (χ0v) is 13.9. The first-order chi connectivity index (χ1) is 9.97. The minimum absolute atomic E-state index is 0.118. The molecule has 0 radical (unpaired) electrons. The fraction of sp³-hybridized carbons (Fsp3) is 0.250. The van der Waals surface area contributed by atoms with Crippen LogP contribution in [0.3, 0.4) is 0 Å². The summed E-state index contributed by atoms with van der Waals surface area (Å²) in [5.41, 5.74) is 6.99. The minimum Gasteiger partial charge on any atom is -0.456 e. The molecule has 112 valence electrons. The molecule has 0 aliphatic heterocycles. The Morgan fingerprint density at radius 2 is 2.05 bits per heavy atom. The molecule has 0 amide bonds. The zero-order chi connectivity index (χ0) is 15.4. The average molecular weight is 373 g/mol. The van der Waals surface area contributed by atoms with Crippen molar-refractivity contribution in [2.24, 2.45) is 5.73 Å². The third kappa shape index (κ3) is 4.70. The Labute approximate surface area is 137 Å². The molecule has 0 saturated carbocycles. The summed E-state index contributed by atoms with van der Waals surface area (Å²) in [5, 5.41) is 0.483. The van der Waals surface area contributed by atoms with E-state index in [0.717, 1.165) is 18.4 Å². The van der Waals surface area contributed by atoms with Crippen LogP contribution in [0.25, 0.3) is 0 Å². The molecule has 0 spiro atoms. The molecule has 2 aromatic carbocycles. The second-order valence-electron chi connectivity index (χ2n) is 4.84. The number of benzene rings is 2. The van der Waals surface area contributed by atoms with Gasteiger partial charge in [-0.15, -0.1) is 0 Å². The summed E-state index contributed by atoms with van der Waals surface area (Å²) < 4.78 is 19.6. The molecule has 0 aliphatic carbocycles. The van der Waals surface area contributed by atoms with E-state index in [1.54, 1.807) is 12.1 Å². The average Bonchev–Trinajstić information content (AvgIpc) is 2.40. The monoisotopic (exact) mass is 371 g/mol.